The fourth-order valence-electron chi connectivity index (χ4n) is 3.58. The highest BCUT2D eigenvalue weighted by Gasteiger charge is 2.39. The van der Waals surface area contributed by atoms with E-state index >= 15 is 0 Å². The quantitative estimate of drug-likeness (QED) is 0.0723. The summed E-state index contributed by atoms with van der Waals surface area (Å²) < 4.78 is 16.3. The number of amides is 2. The van der Waals surface area contributed by atoms with Crippen molar-refractivity contribution in [2.45, 2.75) is 38.5 Å². The molecular formula is C28H25Cl5N2O6. The van der Waals surface area contributed by atoms with Gasteiger partial charge in [-0.15, -0.1) is 0 Å². The molecule has 218 valence electrons. The number of esters is 1. The Hall–Kier alpha value is -2.72. The molecule has 13 heteroatoms. The first-order valence-corrected chi connectivity index (χ1v) is 14.2. The molecule has 3 aromatic carbocycles. The van der Waals surface area contributed by atoms with Crippen molar-refractivity contribution in [3.05, 3.63) is 96.9 Å². The first-order valence-electron chi connectivity index (χ1n) is 12.3. The molecule has 0 bridgehead atoms. The normalized spacial score (nSPS) is 11.5. The molecule has 3 rings (SSSR count). The number of benzene rings is 3. The molecule has 0 aliphatic carbocycles. The van der Waals surface area contributed by atoms with Gasteiger partial charge in [-0.3, -0.25) is 0 Å². The maximum absolute atomic E-state index is 13.6. The number of hydrogen-bond donors (Lipinski definition) is 1. The lowest BCUT2D eigenvalue weighted by molar-refractivity contribution is -0.139. The third-order valence-electron chi connectivity index (χ3n) is 5.69. The minimum atomic E-state index is -1.52. The molecule has 3 aromatic rings. The summed E-state index contributed by atoms with van der Waals surface area (Å²) in [5.41, 5.74) is 6.95. The average Bonchev–Trinajstić information content (AvgIpc) is 2.99. The maximum Gasteiger partial charge on any atom is 0.420 e. The molecule has 0 spiro atoms. The zero-order valence-corrected chi connectivity index (χ0v) is 25.2. The molecule has 0 heterocycles. The number of rotatable bonds is 11. The molecule has 0 aliphatic heterocycles. The number of carbonyl (C=O) groups is 3. The van der Waals surface area contributed by atoms with Crippen LogP contribution in [0.2, 0.25) is 25.1 Å². The molecule has 0 aromatic heterocycles. The first-order chi connectivity index (χ1) is 19.6. The van der Waals surface area contributed by atoms with Crippen LogP contribution in [0.25, 0.3) is 0 Å². The maximum atomic E-state index is 13.6. The van der Waals surface area contributed by atoms with Gasteiger partial charge in [0.2, 0.25) is 0 Å². The SMILES string of the molecule is NCCCC[C@H](C(=O)Oc1c(Cl)c(Cl)c(Cl)c(Cl)c1Cl)N(C(=O)OCc1ccccc1)C(=O)OCc1ccccc1. The molecule has 1 atom stereocenters. The van der Waals surface area contributed by atoms with Gasteiger partial charge in [0, 0.05) is 0 Å². The topological polar surface area (TPSA) is 108 Å². The third-order valence-corrected chi connectivity index (χ3v) is 7.93. The van der Waals surface area contributed by atoms with E-state index in [4.69, 9.17) is 77.9 Å². The van der Waals surface area contributed by atoms with Gasteiger partial charge in [0.25, 0.3) is 0 Å². The number of ether oxygens (including phenoxy) is 3. The zero-order chi connectivity index (χ0) is 29.9. The second-order valence-electron chi connectivity index (χ2n) is 8.57. The van der Waals surface area contributed by atoms with E-state index in [0.29, 0.717) is 35.4 Å². The fraction of sp³-hybridized carbons (Fsp3) is 0.250. The average molecular weight is 663 g/mol. The molecule has 0 aliphatic rings. The van der Waals surface area contributed by atoms with Crippen molar-refractivity contribution < 1.29 is 28.6 Å². The molecule has 2 N–H and O–H groups in total. The Kier molecular flexibility index (Phi) is 12.8. The first kappa shape index (κ1) is 32.8. The van der Waals surface area contributed by atoms with E-state index in [9.17, 15) is 14.4 Å². The summed E-state index contributed by atoms with van der Waals surface area (Å²) in [6, 6.07) is 16.1. The van der Waals surface area contributed by atoms with Crippen LogP contribution in [0.1, 0.15) is 30.4 Å². The number of imide groups is 1. The lowest BCUT2D eigenvalue weighted by atomic mass is 10.1. The van der Waals surface area contributed by atoms with E-state index in [1.165, 1.54) is 0 Å². The molecule has 41 heavy (non-hydrogen) atoms. The van der Waals surface area contributed by atoms with Crippen molar-refractivity contribution >= 4 is 76.2 Å². The van der Waals surface area contributed by atoms with E-state index in [2.05, 4.69) is 0 Å². The molecule has 0 saturated carbocycles. The van der Waals surface area contributed by atoms with Crippen LogP contribution in [0.15, 0.2) is 60.7 Å². The summed E-state index contributed by atoms with van der Waals surface area (Å²) in [6.45, 7) is -0.0434. The monoisotopic (exact) mass is 660 g/mol. The number of unbranched alkanes of at least 4 members (excludes halogenated alkanes) is 1. The lowest BCUT2D eigenvalue weighted by Crippen LogP contribution is -2.50. The van der Waals surface area contributed by atoms with Crippen molar-refractivity contribution in [1.82, 2.24) is 4.90 Å². The summed E-state index contributed by atoms with van der Waals surface area (Å²) in [5, 5.41) is -1.12. The van der Waals surface area contributed by atoms with Crippen LogP contribution >= 0.6 is 58.0 Å². The Morgan fingerprint density at radius 1 is 0.683 bits per heavy atom. The number of nitrogens with two attached hydrogens (primary N) is 1. The highest BCUT2D eigenvalue weighted by atomic mass is 35.5. The lowest BCUT2D eigenvalue weighted by Gasteiger charge is -2.27. The number of carbonyl (C=O) groups excluding carboxylic acids is 3. The van der Waals surface area contributed by atoms with Crippen molar-refractivity contribution in [3.63, 3.8) is 0 Å². The van der Waals surface area contributed by atoms with Gasteiger partial charge in [0.1, 0.15) is 29.3 Å². The predicted molar refractivity (Wildman–Crippen MR) is 159 cm³/mol. The van der Waals surface area contributed by atoms with Gasteiger partial charge in [0.15, 0.2) is 5.75 Å². The van der Waals surface area contributed by atoms with Crippen LogP contribution in [-0.4, -0.2) is 35.6 Å². The minimum absolute atomic E-state index is 0.0405. The van der Waals surface area contributed by atoms with E-state index in [1.807, 2.05) is 0 Å². The van der Waals surface area contributed by atoms with E-state index < -0.39 is 29.9 Å². The second kappa shape index (κ2) is 16.1. The van der Waals surface area contributed by atoms with Crippen molar-refractivity contribution in [2.24, 2.45) is 5.73 Å². The zero-order valence-electron chi connectivity index (χ0n) is 21.5. The minimum Gasteiger partial charge on any atom is -0.444 e. The van der Waals surface area contributed by atoms with Crippen LogP contribution < -0.4 is 10.5 Å². The number of hydrogen-bond acceptors (Lipinski definition) is 7. The van der Waals surface area contributed by atoms with Crippen LogP contribution in [-0.2, 0) is 27.5 Å². The fourth-order valence-corrected chi connectivity index (χ4v) is 4.78. The van der Waals surface area contributed by atoms with Crippen LogP contribution in [0.5, 0.6) is 5.75 Å². The van der Waals surface area contributed by atoms with Gasteiger partial charge in [-0.25, -0.2) is 14.4 Å². The van der Waals surface area contributed by atoms with Gasteiger partial charge in [-0.05, 0) is 36.9 Å². The number of nitrogens with zero attached hydrogens (tertiary/aromatic N) is 1. The molecule has 0 unspecified atom stereocenters. The molecule has 0 radical (unpaired) electrons. The molecule has 0 fully saturated rings. The Morgan fingerprint density at radius 2 is 1.12 bits per heavy atom. The van der Waals surface area contributed by atoms with Gasteiger partial charge < -0.3 is 19.9 Å². The van der Waals surface area contributed by atoms with Crippen LogP contribution in [0.4, 0.5) is 9.59 Å². The van der Waals surface area contributed by atoms with Crippen LogP contribution in [0.3, 0.4) is 0 Å². The van der Waals surface area contributed by atoms with E-state index in [0.717, 1.165) is 0 Å². The Balaban J connectivity index is 1.94. The third kappa shape index (κ3) is 8.88. The highest BCUT2D eigenvalue weighted by Crippen LogP contribution is 2.48. The van der Waals surface area contributed by atoms with Gasteiger partial charge >= 0.3 is 18.2 Å². The predicted octanol–water partition coefficient (Wildman–Crippen LogP) is 8.33. The molecule has 2 amide bonds. The molecule has 8 nitrogen and oxygen atoms in total. The van der Waals surface area contributed by atoms with Crippen molar-refractivity contribution in [1.29, 1.82) is 0 Å². The van der Waals surface area contributed by atoms with Gasteiger partial charge in [-0.1, -0.05) is 119 Å². The summed E-state index contributed by atoms with van der Waals surface area (Å²) in [7, 11) is 0. The largest absolute Gasteiger partial charge is 0.444 e. The van der Waals surface area contributed by atoms with Crippen molar-refractivity contribution in [2.75, 3.05) is 6.54 Å². The van der Waals surface area contributed by atoms with Crippen molar-refractivity contribution in [3.8, 4) is 5.75 Å². The summed E-state index contributed by atoms with van der Waals surface area (Å²) >= 11 is 30.7. The highest BCUT2D eigenvalue weighted by molar-refractivity contribution is 6.55. The summed E-state index contributed by atoms with van der Waals surface area (Å²) in [6.07, 6.45) is -1.48. The Bertz CT molecular complexity index is 1280. The smallest absolute Gasteiger partial charge is 0.420 e. The Labute approximate surface area is 262 Å². The van der Waals surface area contributed by atoms with Gasteiger partial charge in [-0.2, -0.15) is 4.90 Å². The molecular weight excluding hydrogens is 638 g/mol. The standard InChI is InChI=1S/C28H25Cl5N2O6/c29-20-21(30)23(32)25(24(33)22(20)31)41-26(36)19(13-7-8-14-34)35(27(37)39-15-17-9-3-1-4-10-17)28(38)40-16-18-11-5-2-6-12-18/h1-6,9-12,19H,7-8,13-16,34H2/t19-/m1/s1. The van der Waals surface area contributed by atoms with Crippen LogP contribution in [0, 0.1) is 0 Å². The number of halogens is 5. The molecule has 0 saturated heterocycles. The van der Waals surface area contributed by atoms with E-state index in [1.54, 1.807) is 60.7 Å². The summed E-state index contributed by atoms with van der Waals surface area (Å²) in [5.74, 6) is -1.47. The van der Waals surface area contributed by atoms with Gasteiger partial charge in [0.05, 0.1) is 15.1 Å². The Morgan fingerprint density at radius 3 is 1.56 bits per heavy atom. The second-order valence-corrected chi connectivity index (χ2v) is 10.5. The van der Waals surface area contributed by atoms with E-state index in [-0.39, 0.29) is 44.7 Å². The summed E-state index contributed by atoms with van der Waals surface area (Å²) in [4.78, 5) is 40.8.